The van der Waals surface area contributed by atoms with Gasteiger partial charge in [-0.25, -0.2) is 16.8 Å². The summed E-state index contributed by atoms with van der Waals surface area (Å²) in [6.07, 6.45) is 3.64. The van der Waals surface area contributed by atoms with Gasteiger partial charge in [0.2, 0.25) is 17.3 Å². The van der Waals surface area contributed by atoms with Crippen molar-refractivity contribution in [3.63, 3.8) is 0 Å². The molecule has 48 heavy (non-hydrogen) atoms. The molecule has 0 aliphatic carbocycles. The van der Waals surface area contributed by atoms with Gasteiger partial charge in [0.15, 0.2) is 20.9 Å². The summed E-state index contributed by atoms with van der Waals surface area (Å²) < 4.78 is 88.3. The van der Waals surface area contributed by atoms with Gasteiger partial charge in [-0.3, -0.25) is 4.90 Å². The van der Waals surface area contributed by atoms with E-state index in [1.807, 2.05) is 61.5 Å². The minimum atomic E-state index is -5.13. The normalized spacial score (nSPS) is 14.3. The number of allylic oxidation sites excluding steroid dienone is 2. The van der Waals surface area contributed by atoms with Gasteiger partial charge in [0.1, 0.15) is 26.0 Å². The molecule has 0 spiro atoms. The van der Waals surface area contributed by atoms with Crippen molar-refractivity contribution in [3.05, 3.63) is 118 Å². The molecule has 1 aliphatic heterocycles. The van der Waals surface area contributed by atoms with Crippen LogP contribution in [-0.2, 0) is 26.1 Å². The molecule has 0 unspecified atom stereocenters. The van der Waals surface area contributed by atoms with Crippen LogP contribution in [0.25, 0.3) is 49.0 Å². The SMILES string of the molecule is C=C=C=C(N1C(=CC(=Cc2sc3ccc4ccccc4c3[n+]2CS(=O)(=O)[O-])CC)Oc2cc3c(cc21)oc1ccccc13)S(=O)(=O)[O-].[K+]. The Morgan fingerprint density at radius 1 is 0.979 bits per heavy atom. The topological polar surface area (TPSA) is 144 Å². The standard InChI is InChI=1S/C34H24N2O8S3.K/c1-3-9-33(47(40,41)42)36-26-19-28-25(24-12-7-8-13-27(24)43-28)18-29(26)44-31(36)16-21(4-2)17-32-35(20-46(37,38)39)34-23-11-6-5-10-22(23)14-15-30(34)45-32;/h5-8,10-19H,1,4,20H2,2H3,(H-,37,38,39,40,41,42);/q;+1/p-1. The fourth-order valence-electron chi connectivity index (χ4n) is 5.71. The number of para-hydroxylation sites is 1. The molecule has 3 heterocycles. The molecule has 0 saturated carbocycles. The zero-order valence-electron chi connectivity index (χ0n) is 25.6. The van der Waals surface area contributed by atoms with E-state index in [4.69, 9.17) is 9.15 Å². The van der Waals surface area contributed by atoms with E-state index in [2.05, 4.69) is 18.0 Å². The molecule has 0 fully saturated rings. The van der Waals surface area contributed by atoms with E-state index < -0.39 is 31.1 Å². The minimum Gasteiger partial charge on any atom is -0.743 e. The second kappa shape index (κ2) is 13.2. The fourth-order valence-corrected chi connectivity index (χ4v) is 8.14. The van der Waals surface area contributed by atoms with Gasteiger partial charge in [0.25, 0.3) is 5.01 Å². The van der Waals surface area contributed by atoms with Crippen LogP contribution in [0.4, 0.5) is 5.69 Å². The summed E-state index contributed by atoms with van der Waals surface area (Å²) in [7, 11) is -9.82. The van der Waals surface area contributed by atoms with Crippen LogP contribution in [0.2, 0.25) is 0 Å². The summed E-state index contributed by atoms with van der Waals surface area (Å²) in [6, 6.07) is 21.9. The van der Waals surface area contributed by atoms with E-state index in [0.717, 1.165) is 31.1 Å². The third kappa shape index (κ3) is 6.39. The Labute approximate surface area is 322 Å². The van der Waals surface area contributed by atoms with Gasteiger partial charge in [0.05, 0.1) is 11.1 Å². The summed E-state index contributed by atoms with van der Waals surface area (Å²) in [5, 5.41) is 2.88. The Bertz CT molecular complexity index is 2680. The van der Waals surface area contributed by atoms with E-state index >= 15 is 0 Å². The van der Waals surface area contributed by atoms with Crippen molar-refractivity contribution in [2.75, 3.05) is 4.90 Å². The number of furan rings is 1. The summed E-state index contributed by atoms with van der Waals surface area (Å²) >= 11 is 1.30. The number of rotatable bonds is 7. The number of anilines is 1. The van der Waals surface area contributed by atoms with Gasteiger partial charge in [-0.15, -0.1) is 0 Å². The number of hydrogen-bond donors (Lipinski definition) is 0. The number of ether oxygens (including phenoxy) is 1. The average Bonchev–Trinajstić information content (AvgIpc) is 3.67. The van der Waals surface area contributed by atoms with Gasteiger partial charge in [-0.2, -0.15) is 4.57 Å². The second-order valence-corrected chi connectivity index (χ2v) is 14.4. The number of aromatic nitrogens is 1. The van der Waals surface area contributed by atoms with Crippen LogP contribution < -0.4 is 65.6 Å². The molecule has 2 aromatic heterocycles. The van der Waals surface area contributed by atoms with Gasteiger partial charge >= 0.3 is 51.4 Å². The number of benzene rings is 4. The smallest absolute Gasteiger partial charge is 0.743 e. The van der Waals surface area contributed by atoms with Crippen LogP contribution in [0.1, 0.15) is 18.4 Å². The zero-order valence-corrected chi connectivity index (χ0v) is 31.2. The maximum Gasteiger partial charge on any atom is 1.00 e. The molecule has 10 nitrogen and oxygen atoms in total. The van der Waals surface area contributed by atoms with Crippen molar-refractivity contribution in [3.8, 4) is 5.75 Å². The van der Waals surface area contributed by atoms with Crippen LogP contribution in [0.15, 0.2) is 118 Å². The quantitative estimate of drug-likeness (QED) is 0.105. The van der Waals surface area contributed by atoms with Crippen molar-refractivity contribution in [2.45, 2.75) is 19.2 Å². The number of hydrogen-bond acceptors (Lipinski definition) is 10. The molecule has 0 radical (unpaired) electrons. The van der Waals surface area contributed by atoms with Crippen molar-refractivity contribution < 1.29 is 91.0 Å². The molecule has 0 atom stereocenters. The summed E-state index contributed by atoms with van der Waals surface area (Å²) in [6.45, 7) is 5.25. The Balaban J connectivity index is 0.00000401. The molecule has 236 valence electrons. The van der Waals surface area contributed by atoms with Gasteiger partial charge in [0, 0.05) is 29.0 Å². The third-order valence-corrected chi connectivity index (χ3v) is 10.1. The maximum absolute atomic E-state index is 12.5. The summed E-state index contributed by atoms with van der Waals surface area (Å²) in [4.78, 5) is 1.11. The van der Waals surface area contributed by atoms with Crippen molar-refractivity contribution in [1.82, 2.24) is 0 Å². The van der Waals surface area contributed by atoms with Crippen molar-refractivity contribution in [1.29, 1.82) is 0 Å². The van der Waals surface area contributed by atoms with Gasteiger partial charge in [-0.1, -0.05) is 66.5 Å². The van der Waals surface area contributed by atoms with E-state index in [1.54, 1.807) is 30.4 Å². The minimum absolute atomic E-state index is 0. The maximum atomic E-state index is 12.5. The molecule has 14 heteroatoms. The Kier molecular flexibility index (Phi) is 9.48. The van der Waals surface area contributed by atoms with E-state index in [0.29, 0.717) is 33.7 Å². The van der Waals surface area contributed by atoms with Crippen LogP contribution in [0.5, 0.6) is 5.75 Å². The van der Waals surface area contributed by atoms with E-state index in [9.17, 15) is 25.9 Å². The van der Waals surface area contributed by atoms with Crippen LogP contribution >= 0.6 is 11.3 Å². The molecule has 0 bridgehead atoms. The van der Waals surface area contributed by atoms with E-state index in [1.165, 1.54) is 15.9 Å². The molecule has 6 aromatic rings. The first-order chi connectivity index (χ1) is 22.4. The number of thiazole rings is 1. The second-order valence-electron chi connectivity index (χ2n) is 10.7. The first-order valence-electron chi connectivity index (χ1n) is 14.2. The molecular weight excluding hydrogens is 700 g/mol. The fraction of sp³-hybridized carbons (Fsp3) is 0.0882. The first-order valence-corrected chi connectivity index (χ1v) is 18.0. The molecule has 4 aromatic carbocycles. The zero-order chi connectivity index (χ0) is 33.1. The molecule has 0 saturated heterocycles. The Morgan fingerprint density at radius 3 is 2.42 bits per heavy atom. The Morgan fingerprint density at radius 2 is 1.71 bits per heavy atom. The van der Waals surface area contributed by atoms with Gasteiger partial charge < -0.3 is 18.3 Å². The summed E-state index contributed by atoms with van der Waals surface area (Å²) in [5.41, 5.74) is 7.04. The number of nitrogens with zero attached hydrogens (tertiary/aromatic N) is 2. The van der Waals surface area contributed by atoms with Crippen LogP contribution in [0.3, 0.4) is 0 Å². The predicted octanol–water partition coefficient (Wildman–Crippen LogP) is 3.61. The molecule has 1 aliphatic rings. The number of fused-ring (bicyclic) bond motifs is 7. The molecule has 0 amide bonds. The summed E-state index contributed by atoms with van der Waals surface area (Å²) in [5.74, 6) is -0.567. The van der Waals surface area contributed by atoms with E-state index in [-0.39, 0.29) is 68.7 Å². The van der Waals surface area contributed by atoms with Crippen LogP contribution in [-0.4, -0.2) is 25.9 Å². The Hall–Kier alpha value is -3.33. The van der Waals surface area contributed by atoms with Crippen molar-refractivity contribution in [2.24, 2.45) is 0 Å². The van der Waals surface area contributed by atoms with Crippen LogP contribution in [0, 0.1) is 0 Å². The monoisotopic (exact) mass is 722 g/mol. The third-order valence-electron chi connectivity index (χ3n) is 7.70. The largest absolute Gasteiger partial charge is 1.00 e. The average molecular weight is 723 g/mol. The predicted molar refractivity (Wildman–Crippen MR) is 178 cm³/mol. The van der Waals surface area contributed by atoms with Crippen molar-refractivity contribution >= 4 is 86.3 Å². The molecule has 0 N–H and O–H groups in total. The molecular formula is C34H23KN2O8S3. The molecule has 7 rings (SSSR count). The van der Waals surface area contributed by atoms with Gasteiger partial charge in [-0.05, 0) is 54.0 Å². The first kappa shape index (κ1) is 34.5.